The number of urea groups is 1. The van der Waals surface area contributed by atoms with E-state index in [1.54, 1.807) is 0 Å². The second kappa shape index (κ2) is 3.17. The molecule has 14 heavy (non-hydrogen) atoms. The van der Waals surface area contributed by atoms with E-state index < -0.39 is 5.82 Å². The Morgan fingerprint density at radius 2 is 2.29 bits per heavy atom. The molecule has 4 nitrogen and oxygen atoms in total. The number of phenolic OH excluding ortho intramolecular Hbond substituents is 1. The number of phenols is 1. The van der Waals surface area contributed by atoms with Crippen LogP contribution in [0.1, 0.15) is 11.6 Å². The normalized spacial score (nSPS) is 20.4. The summed E-state index contributed by atoms with van der Waals surface area (Å²) in [7, 11) is 0. The van der Waals surface area contributed by atoms with Crippen molar-refractivity contribution in [2.75, 3.05) is 6.54 Å². The Hall–Kier alpha value is -1.78. The van der Waals surface area contributed by atoms with Crippen LogP contribution >= 0.6 is 0 Å². The van der Waals surface area contributed by atoms with Gasteiger partial charge in [-0.15, -0.1) is 0 Å². The molecule has 0 bridgehead atoms. The molecule has 1 fully saturated rings. The molecule has 1 atom stereocenters. The van der Waals surface area contributed by atoms with E-state index >= 15 is 0 Å². The third kappa shape index (κ3) is 1.48. The van der Waals surface area contributed by atoms with Gasteiger partial charge in [-0.3, -0.25) is 0 Å². The van der Waals surface area contributed by atoms with Crippen LogP contribution in [-0.4, -0.2) is 17.7 Å². The molecule has 2 amide bonds. The van der Waals surface area contributed by atoms with E-state index in [0.29, 0.717) is 12.1 Å². The lowest BCUT2D eigenvalue weighted by Crippen LogP contribution is -2.22. The van der Waals surface area contributed by atoms with Crippen LogP contribution in [0.5, 0.6) is 5.75 Å². The smallest absolute Gasteiger partial charge is 0.315 e. The van der Waals surface area contributed by atoms with Crippen molar-refractivity contribution in [3.8, 4) is 5.75 Å². The fourth-order valence-corrected chi connectivity index (χ4v) is 1.44. The number of nitrogens with one attached hydrogen (secondary N) is 2. The number of amides is 2. The summed E-state index contributed by atoms with van der Waals surface area (Å²) >= 11 is 0. The first kappa shape index (κ1) is 8.80. The number of carbonyl (C=O) groups excluding carboxylic acids is 1. The van der Waals surface area contributed by atoms with Gasteiger partial charge in [-0.1, -0.05) is 6.07 Å². The summed E-state index contributed by atoms with van der Waals surface area (Å²) in [4.78, 5) is 10.8. The molecular weight excluding hydrogens is 187 g/mol. The lowest BCUT2D eigenvalue weighted by atomic mass is 10.1. The first-order chi connectivity index (χ1) is 6.66. The van der Waals surface area contributed by atoms with Gasteiger partial charge in [0.15, 0.2) is 0 Å². The summed E-state index contributed by atoms with van der Waals surface area (Å²) in [6, 6.07) is 3.22. The molecule has 1 heterocycles. The van der Waals surface area contributed by atoms with E-state index in [2.05, 4.69) is 10.6 Å². The maximum absolute atomic E-state index is 13.3. The van der Waals surface area contributed by atoms with Crippen LogP contribution < -0.4 is 10.6 Å². The predicted molar refractivity (Wildman–Crippen MR) is 47.3 cm³/mol. The highest BCUT2D eigenvalue weighted by Crippen LogP contribution is 2.22. The molecule has 74 valence electrons. The molecule has 1 aliphatic heterocycles. The zero-order chi connectivity index (χ0) is 10.1. The Kier molecular flexibility index (Phi) is 1.99. The molecule has 0 spiro atoms. The van der Waals surface area contributed by atoms with Gasteiger partial charge in [-0.05, 0) is 6.07 Å². The standard InChI is InChI=1S/C9H9FN2O2/c10-7-3-5(13)1-2-6(7)8-4-11-9(14)12-8/h1-3,8,13H,4H2,(H2,11,12,14)/t8-/m1/s1. The SMILES string of the molecule is O=C1NC[C@H](c2ccc(O)cc2F)N1. The largest absolute Gasteiger partial charge is 0.508 e. The fourth-order valence-electron chi connectivity index (χ4n) is 1.44. The molecule has 0 unspecified atom stereocenters. The third-order valence-electron chi connectivity index (χ3n) is 2.13. The summed E-state index contributed by atoms with van der Waals surface area (Å²) in [5.41, 5.74) is 0.376. The van der Waals surface area contributed by atoms with Crippen molar-refractivity contribution < 1.29 is 14.3 Å². The lowest BCUT2D eigenvalue weighted by Gasteiger charge is -2.09. The highest BCUT2D eigenvalue weighted by Gasteiger charge is 2.23. The monoisotopic (exact) mass is 196 g/mol. The molecular formula is C9H9FN2O2. The summed E-state index contributed by atoms with van der Waals surface area (Å²) in [5.74, 6) is -0.637. The van der Waals surface area contributed by atoms with E-state index in [1.165, 1.54) is 12.1 Å². The molecule has 1 aromatic carbocycles. The van der Waals surface area contributed by atoms with Gasteiger partial charge in [0.25, 0.3) is 0 Å². The maximum Gasteiger partial charge on any atom is 0.315 e. The first-order valence-corrected chi connectivity index (χ1v) is 4.19. The van der Waals surface area contributed by atoms with Crippen LogP contribution in [0.4, 0.5) is 9.18 Å². The number of hydrogen-bond donors (Lipinski definition) is 3. The minimum atomic E-state index is -0.515. The average Bonchev–Trinajstić information content (AvgIpc) is 2.51. The molecule has 0 aromatic heterocycles. The Morgan fingerprint density at radius 3 is 2.86 bits per heavy atom. The van der Waals surface area contributed by atoms with Crippen LogP contribution in [0.25, 0.3) is 0 Å². The van der Waals surface area contributed by atoms with Crippen LogP contribution in [0.2, 0.25) is 0 Å². The zero-order valence-electron chi connectivity index (χ0n) is 7.25. The second-order valence-electron chi connectivity index (χ2n) is 3.11. The van der Waals surface area contributed by atoms with Crippen molar-refractivity contribution in [1.82, 2.24) is 10.6 Å². The number of halogens is 1. The summed E-state index contributed by atoms with van der Waals surface area (Å²) in [6.07, 6.45) is 0. The number of rotatable bonds is 1. The minimum Gasteiger partial charge on any atom is -0.508 e. The number of carbonyl (C=O) groups is 1. The highest BCUT2D eigenvalue weighted by molar-refractivity contribution is 5.76. The highest BCUT2D eigenvalue weighted by atomic mass is 19.1. The minimum absolute atomic E-state index is 0.122. The van der Waals surface area contributed by atoms with Gasteiger partial charge in [0.2, 0.25) is 0 Å². The van der Waals surface area contributed by atoms with E-state index in [4.69, 9.17) is 5.11 Å². The molecule has 0 saturated carbocycles. The Morgan fingerprint density at radius 1 is 1.50 bits per heavy atom. The van der Waals surface area contributed by atoms with E-state index in [-0.39, 0.29) is 17.8 Å². The van der Waals surface area contributed by atoms with Crippen molar-refractivity contribution >= 4 is 6.03 Å². The van der Waals surface area contributed by atoms with Crippen LogP contribution in [0.3, 0.4) is 0 Å². The molecule has 0 aliphatic carbocycles. The lowest BCUT2D eigenvalue weighted by molar-refractivity contribution is 0.247. The van der Waals surface area contributed by atoms with E-state index in [1.807, 2.05) is 0 Å². The van der Waals surface area contributed by atoms with Crippen LogP contribution in [-0.2, 0) is 0 Å². The van der Waals surface area contributed by atoms with Crippen LogP contribution in [0.15, 0.2) is 18.2 Å². The number of hydrogen-bond acceptors (Lipinski definition) is 2. The number of aromatic hydroxyl groups is 1. The Balaban J connectivity index is 2.28. The molecule has 2 rings (SSSR count). The fraction of sp³-hybridized carbons (Fsp3) is 0.222. The van der Waals surface area contributed by atoms with Gasteiger partial charge in [0.05, 0.1) is 6.04 Å². The zero-order valence-corrected chi connectivity index (χ0v) is 7.25. The quantitative estimate of drug-likeness (QED) is 0.624. The van der Waals surface area contributed by atoms with Crippen LogP contribution in [0, 0.1) is 5.82 Å². The molecule has 1 aromatic rings. The van der Waals surface area contributed by atoms with Gasteiger partial charge in [-0.25, -0.2) is 9.18 Å². The van der Waals surface area contributed by atoms with Gasteiger partial charge in [0, 0.05) is 18.2 Å². The summed E-state index contributed by atoms with van der Waals surface area (Å²) in [5, 5.41) is 14.1. The maximum atomic E-state index is 13.3. The predicted octanol–water partition coefficient (Wildman–Crippen LogP) is 0.885. The molecule has 1 aliphatic rings. The number of benzene rings is 1. The second-order valence-corrected chi connectivity index (χ2v) is 3.11. The Bertz CT molecular complexity index is 381. The van der Waals surface area contributed by atoms with Gasteiger partial charge < -0.3 is 15.7 Å². The van der Waals surface area contributed by atoms with E-state index in [0.717, 1.165) is 6.07 Å². The van der Waals surface area contributed by atoms with Crippen molar-refractivity contribution in [3.05, 3.63) is 29.6 Å². The topological polar surface area (TPSA) is 61.4 Å². The van der Waals surface area contributed by atoms with Gasteiger partial charge >= 0.3 is 6.03 Å². The summed E-state index contributed by atoms with van der Waals surface area (Å²) < 4.78 is 13.3. The van der Waals surface area contributed by atoms with Gasteiger partial charge in [-0.2, -0.15) is 0 Å². The van der Waals surface area contributed by atoms with Crippen molar-refractivity contribution in [1.29, 1.82) is 0 Å². The summed E-state index contributed by atoms with van der Waals surface area (Å²) in [6.45, 7) is 0.362. The molecule has 0 radical (unpaired) electrons. The van der Waals surface area contributed by atoms with E-state index in [9.17, 15) is 9.18 Å². The third-order valence-corrected chi connectivity index (χ3v) is 2.13. The molecule has 5 heteroatoms. The molecule has 1 saturated heterocycles. The first-order valence-electron chi connectivity index (χ1n) is 4.19. The average molecular weight is 196 g/mol. The van der Waals surface area contributed by atoms with Gasteiger partial charge in [0.1, 0.15) is 11.6 Å². The van der Waals surface area contributed by atoms with Crippen molar-refractivity contribution in [2.45, 2.75) is 6.04 Å². The van der Waals surface area contributed by atoms with Crippen molar-refractivity contribution in [3.63, 3.8) is 0 Å². The molecule has 3 N–H and O–H groups in total. The Labute approximate surface area is 79.7 Å². The van der Waals surface area contributed by atoms with Crippen molar-refractivity contribution in [2.24, 2.45) is 0 Å².